The summed E-state index contributed by atoms with van der Waals surface area (Å²) in [5.74, 6) is -0.122. The van der Waals surface area contributed by atoms with Gasteiger partial charge in [0.1, 0.15) is 5.82 Å². The van der Waals surface area contributed by atoms with E-state index in [9.17, 15) is 9.18 Å². The lowest BCUT2D eigenvalue weighted by molar-refractivity contribution is 0.0642. The molecule has 1 saturated heterocycles. The van der Waals surface area contributed by atoms with Gasteiger partial charge in [0.2, 0.25) is 0 Å². The van der Waals surface area contributed by atoms with Crippen LogP contribution in [0, 0.1) is 5.82 Å². The molecule has 25 heavy (non-hydrogen) atoms. The molecule has 1 aromatic carbocycles. The Hall–Kier alpha value is -2.21. The number of piperazine rings is 1. The number of nitrogens with zero attached hydrogens (tertiary/aromatic N) is 4. The van der Waals surface area contributed by atoms with Crippen molar-refractivity contribution >= 4 is 5.91 Å². The van der Waals surface area contributed by atoms with Crippen molar-refractivity contribution in [3.05, 3.63) is 47.5 Å². The molecule has 5 nitrogen and oxygen atoms in total. The molecule has 6 heteroatoms. The molecule has 0 saturated carbocycles. The predicted molar refractivity (Wildman–Crippen MR) is 95.6 cm³/mol. The highest BCUT2D eigenvalue weighted by atomic mass is 19.1. The Morgan fingerprint density at radius 2 is 1.80 bits per heavy atom. The average molecular weight is 344 g/mol. The normalized spacial score (nSPS) is 15.8. The second-order valence-electron chi connectivity index (χ2n) is 6.71. The topological polar surface area (TPSA) is 41.4 Å². The number of amides is 1. The van der Waals surface area contributed by atoms with Gasteiger partial charge in [-0.3, -0.25) is 4.79 Å². The number of halogens is 1. The van der Waals surface area contributed by atoms with Gasteiger partial charge in [-0.1, -0.05) is 20.8 Å². The van der Waals surface area contributed by atoms with Crippen molar-refractivity contribution in [2.75, 3.05) is 32.7 Å². The molecular weight excluding hydrogens is 319 g/mol. The van der Waals surface area contributed by atoms with E-state index in [2.05, 4.69) is 16.9 Å². The summed E-state index contributed by atoms with van der Waals surface area (Å²) >= 11 is 0. The van der Waals surface area contributed by atoms with Crippen LogP contribution in [0.25, 0.3) is 5.69 Å². The standard InChI is InChI=1S/C19H25FN4O/c1-4-22-9-11-23(12-10-22)19(25)17-13-21-24(18(17)14(2)3)16-7-5-15(20)6-8-16/h5-8,13-14H,4,9-12H2,1-3H3. The molecule has 0 radical (unpaired) electrons. The molecule has 3 rings (SSSR count). The zero-order chi connectivity index (χ0) is 18.0. The Balaban J connectivity index is 1.89. The van der Waals surface area contributed by atoms with E-state index in [4.69, 9.17) is 0 Å². The molecule has 0 aliphatic carbocycles. The highest BCUT2D eigenvalue weighted by Gasteiger charge is 2.27. The zero-order valence-electron chi connectivity index (χ0n) is 15.1. The number of hydrogen-bond donors (Lipinski definition) is 0. The molecule has 0 atom stereocenters. The predicted octanol–water partition coefficient (Wildman–Crippen LogP) is 2.91. The summed E-state index contributed by atoms with van der Waals surface area (Å²) in [7, 11) is 0. The molecule has 0 spiro atoms. The van der Waals surface area contributed by atoms with Crippen molar-refractivity contribution in [1.82, 2.24) is 19.6 Å². The first-order valence-corrected chi connectivity index (χ1v) is 8.86. The summed E-state index contributed by atoms with van der Waals surface area (Å²) in [5, 5.41) is 4.42. The van der Waals surface area contributed by atoms with Crippen LogP contribution < -0.4 is 0 Å². The van der Waals surface area contributed by atoms with Crippen LogP contribution in [0.1, 0.15) is 42.7 Å². The van der Waals surface area contributed by atoms with Gasteiger partial charge in [-0.15, -0.1) is 0 Å². The second kappa shape index (κ2) is 7.35. The first kappa shape index (κ1) is 17.6. The maximum Gasteiger partial charge on any atom is 0.257 e. The Morgan fingerprint density at radius 3 is 2.36 bits per heavy atom. The van der Waals surface area contributed by atoms with Gasteiger partial charge in [0, 0.05) is 26.2 Å². The smallest absolute Gasteiger partial charge is 0.257 e. The highest BCUT2D eigenvalue weighted by molar-refractivity contribution is 5.95. The summed E-state index contributed by atoms with van der Waals surface area (Å²) in [4.78, 5) is 17.3. The number of hydrogen-bond acceptors (Lipinski definition) is 3. The molecule has 134 valence electrons. The van der Waals surface area contributed by atoms with Crippen LogP contribution in [0.3, 0.4) is 0 Å². The van der Waals surface area contributed by atoms with E-state index in [0.29, 0.717) is 5.56 Å². The van der Waals surface area contributed by atoms with Crippen molar-refractivity contribution in [1.29, 1.82) is 0 Å². The molecule has 0 N–H and O–H groups in total. The lowest BCUT2D eigenvalue weighted by Crippen LogP contribution is -2.48. The molecule has 1 aromatic heterocycles. The molecule has 1 aliphatic heterocycles. The molecule has 0 unspecified atom stereocenters. The van der Waals surface area contributed by atoms with Crippen molar-refractivity contribution in [2.24, 2.45) is 0 Å². The van der Waals surface area contributed by atoms with Crippen LogP contribution in [-0.4, -0.2) is 58.2 Å². The summed E-state index contributed by atoms with van der Waals surface area (Å²) in [6.45, 7) is 10.5. The van der Waals surface area contributed by atoms with Crippen LogP contribution >= 0.6 is 0 Å². The number of aromatic nitrogens is 2. The first-order chi connectivity index (χ1) is 12.0. The van der Waals surface area contributed by atoms with E-state index >= 15 is 0 Å². The maximum absolute atomic E-state index is 13.2. The molecule has 1 amide bonds. The number of benzene rings is 1. The summed E-state index contributed by atoms with van der Waals surface area (Å²) < 4.78 is 15.0. The van der Waals surface area contributed by atoms with Gasteiger partial charge in [0.15, 0.2) is 0 Å². The third kappa shape index (κ3) is 3.58. The van der Waals surface area contributed by atoms with Gasteiger partial charge in [-0.2, -0.15) is 5.10 Å². The van der Waals surface area contributed by atoms with Crippen LogP contribution in [0.15, 0.2) is 30.5 Å². The quantitative estimate of drug-likeness (QED) is 0.856. The van der Waals surface area contributed by atoms with E-state index < -0.39 is 0 Å². The van der Waals surface area contributed by atoms with Crippen LogP contribution in [0.4, 0.5) is 4.39 Å². The fourth-order valence-electron chi connectivity index (χ4n) is 3.30. The number of rotatable bonds is 4. The first-order valence-electron chi connectivity index (χ1n) is 8.86. The molecule has 0 bridgehead atoms. The largest absolute Gasteiger partial charge is 0.336 e. The third-order valence-electron chi connectivity index (χ3n) is 4.76. The number of carbonyl (C=O) groups excluding carboxylic acids is 1. The molecule has 2 aromatic rings. The lowest BCUT2D eigenvalue weighted by Gasteiger charge is -2.34. The fraction of sp³-hybridized carbons (Fsp3) is 0.474. The van der Waals surface area contributed by atoms with E-state index in [1.807, 2.05) is 18.7 Å². The maximum atomic E-state index is 13.2. The van der Waals surface area contributed by atoms with Gasteiger partial charge >= 0.3 is 0 Å². The van der Waals surface area contributed by atoms with Crippen LogP contribution in [0.5, 0.6) is 0 Å². The van der Waals surface area contributed by atoms with E-state index in [0.717, 1.165) is 44.1 Å². The summed E-state index contributed by atoms with van der Waals surface area (Å²) in [6, 6.07) is 6.18. The minimum atomic E-state index is -0.285. The van der Waals surface area contributed by atoms with E-state index in [1.54, 1.807) is 23.0 Å². The number of likely N-dealkylation sites (N-methyl/N-ethyl adjacent to an activating group) is 1. The Kier molecular flexibility index (Phi) is 5.18. The van der Waals surface area contributed by atoms with Crippen LogP contribution in [-0.2, 0) is 0 Å². The lowest BCUT2D eigenvalue weighted by atomic mass is 10.0. The second-order valence-corrected chi connectivity index (χ2v) is 6.71. The third-order valence-corrected chi connectivity index (χ3v) is 4.76. The van der Waals surface area contributed by atoms with Crippen LogP contribution in [0.2, 0.25) is 0 Å². The SMILES string of the molecule is CCN1CCN(C(=O)c2cnn(-c3ccc(F)cc3)c2C(C)C)CC1. The van der Waals surface area contributed by atoms with Crippen molar-refractivity contribution in [3.63, 3.8) is 0 Å². The van der Waals surface area contributed by atoms with E-state index in [-0.39, 0.29) is 17.6 Å². The minimum Gasteiger partial charge on any atom is -0.336 e. The molecule has 2 heterocycles. The van der Waals surface area contributed by atoms with Crippen molar-refractivity contribution < 1.29 is 9.18 Å². The fourth-order valence-corrected chi connectivity index (χ4v) is 3.30. The van der Waals surface area contributed by atoms with Crippen molar-refractivity contribution in [3.8, 4) is 5.69 Å². The summed E-state index contributed by atoms with van der Waals surface area (Å²) in [5.41, 5.74) is 2.28. The average Bonchev–Trinajstić information content (AvgIpc) is 3.07. The molecule has 1 fully saturated rings. The molecule has 1 aliphatic rings. The van der Waals surface area contributed by atoms with Gasteiger partial charge in [-0.25, -0.2) is 9.07 Å². The Labute approximate surface area is 148 Å². The Morgan fingerprint density at radius 1 is 1.16 bits per heavy atom. The zero-order valence-corrected chi connectivity index (χ0v) is 15.1. The highest BCUT2D eigenvalue weighted by Crippen LogP contribution is 2.24. The van der Waals surface area contributed by atoms with Gasteiger partial charge in [-0.05, 0) is 36.7 Å². The number of carbonyl (C=O) groups is 1. The van der Waals surface area contributed by atoms with Gasteiger partial charge in [0.05, 0.1) is 23.1 Å². The van der Waals surface area contributed by atoms with Gasteiger partial charge in [0.25, 0.3) is 5.91 Å². The summed E-state index contributed by atoms with van der Waals surface area (Å²) in [6.07, 6.45) is 1.65. The van der Waals surface area contributed by atoms with Crippen molar-refractivity contribution in [2.45, 2.75) is 26.7 Å². The Bertz CT molecular complexity index is 730. The monoisotopic (exact) mass is 344 g/mol. The van der Waals surface area contributed by atoms with Gasteiger partial charge < -0.3 is 9.80 Å². The minimum absolute atomic E-state index is 0.0350. The molecular formula is C19H25FN4O. The van der Waals surface area contributed by atoms with E-state index in [1.165, 1.54) is 12.1 Å².